The van der Waals surface area contributed by atoms with Gasteiger partial charge in [-0.15, -0.1) is 11.3 Å². The second kappa shape index (κ2) is 8.78. The average Bonchev–Trinajstić information content (AvgIpc) is 3.42. The van der Waals surface area contributed by atoms with Crippen molar-refractivity contribution < 1.29 is 19.4 Å². The van der Waals surface area contributed by atoms with Gasteiger partial charge >= 0.3 is 0 Å². The molecule has 8 nitrogen and oxygen atoms in total. The van der Waals surface area contributed by atoms with Gasteiger partial charge in [0.1, 0.15) is 18.5 Å². The maximum Gasteiger partial charge on any atom is 0.265 e. The number of benzene rings is 1. The molecule has 2 atom stereocenters. The Hall–Kier alpha value is -3.01. The highest BCUT2D eigenvalue weighted by atomic mass is 32.1. The van der Waals surface area contributed by atoms with Gasteiger partial charge in [-0.2, -0.15) is 0 Å². The number of ether oxygens (including phenoxy) is 1. The van der Waals surface area contributed by atoms with Crippen LogP contribution in [0.15, 0.2) is 54.2 Å². The van der Waals surface area contributed by atoms with Gasteiger partial charge in [-0.3, -0.25) is 9.59 Å². The second-order valence-corrected chi connectivity index (χ2v) is 7.96. The van der Waals surface area contributed by atoms with Crippen LogP contribution in [-0.2, 0) is 23.1 Å². The summed E-state index contributed by atoms with van der Waals surface area (Å²) in [5.74, 6) is 0.383. The largest absolute Gasteiger partial charge is 0.394 e. The molecule has 1 aliphatic rings. The van der Waals surface area contributed by atoms with Gasteiger partial charge in [0, 0.05) is 25.1 Å². The first-order valence-corrected chi connectivity index (χ1v) is 10.4. The number of hydrogen-bond donors (Lipinski definition) is 2. The van der Waals surface area contributed by atoms with E-state index in [-0.39, 0.29) is 25.0 Å². The monoisotopic (exact) mass is 426 g/mol. The van der Waals surface area contributed by atoms with Crippen molar-refractivity contribution >= 4 is 28.8 Å². The molecule has 1 fully saturated rings. The third-order valence-electron chi connectivity index (χ3n) is 5.12. The molecule has 4 rings (SSSR count). The van der Waals surface area contributed by atoms with Gasteiger partial charge in [-0.25, -0.2) is 4.98 Å². The molecule has 2 aromatic heterocycles. The number of anilines is 1. The molecular formula is C21H22N4O4S. The van der Waals surface area contributed by atoms with E-state index in [0.717, 1.165) is 11.4 Å². The number of hydrogen-bond acceptors (Lipinski definition) is 6. The summed E-state index contributed by atoms with van der Waals surface area (Å²) in [6.07, 6.45) is 3.01. The first-order chi connectivity index (χ1) is 14.6. The topological polar surface area (TPSA) is 96.7 Å². The highest BCUT2D eigenvalue weighted by Crippen LogP contribution is 2.30. The molecular weight excluding hydrogens is 404 g/mol. The van der Waals surface area contributed by atoms with Crippen molar-refractivity contribution in [1.29, 1.82) is 0 Å². The molecule has 3 aromatic rings. The number of nitrogens with zero attached hydrogens (tertiary/aromatic N) is 3. The predicted octanol–water partition coefficient (Wildman–Crippen LogP) is 2.19. The van der Waals surface area contributed by atoms with Gasteiger partial charge in [-0.05, 0) is 29.1 Å². The van der Waals surface area contributed by atoms with E-state index in [4.69, 9.17) is 4.74 Å². The Kier molecular flexibility index (Phi) is 5.93. The number of amides is 2. The van der Waals surface area contributed by atoms with Gasteiger partial charge in [0.2, 0.25) is 5.91 Å². The Balaban J connectivity index is 1.50. The Morgan fingerprint density at radius 2 is 2.13 bits per heavy atom. The molecule has 2 amide bonds. The van der Waals surface area contributed by atoms with E-state index in [1.165, 1.54) is 11.3 Å². The summed E-state index contributed by atoms with van der Waals surface area (Å²) in [6.45, 7) is -0.0114. The van der Waals surface area contributed by atoms with Crippen LogP contribution in [0.2, 0.25) is 0 Å². The molecule has 0 spiro atoms. The van der Waals surface area contributed by atoms with Gasteiger partial charge < -0.3 is 24.6 Å². The van der Waals surface area contributed by atoms with Crippen molar-refractivity contribution in [2.24, 2.45) is 7.05 Å². The highest BCUT2D eigenvalue weighted by molar-refractivity contribution is 7.12. The smallest absolute Gasteiger partial charge is 0.265 e. The third kappa shape index (κ3) is 4.13. The quantitative estimate of drug-likeness (QED) is 0.630. The fraction of sp³-hybridized carbons (Fsp3) is 0.286. The summed E-state index contributed by atoms with van der Waals surface area (Å²) in [6, 6.07) is 10.3. The number of morpholine rings is 1. The molecule has 30 heavy (non-hydrogen) atoms. The van der Waals surface area contributed by atoms with E-state index in [0.29, 0.717) is 17.1 Å². The fourth-order valence-corrected chi connectivity index (χ4v) is 4.10. The van der Waals surface area contributed by atoms with Crippen LogP contribution in [0.3, 0.4) is 0 Å². The summed E-state index contributed by atoms with van der Waals surface area (Å²) in [5.41, 5.74) is 1.48. The lowest BCUT2D eigenvalue weighted by molar-refractivity contribution is -0.162. The van der Waals surface area contributed by atoms with Gasteiger partial charge in [0.15, 0.2) is 0 Å². The van der Waals surface area contributed by atoms with Gasteiger partial charge in [-0.1, -0.05) is 18.2 Å². The molecule has 0 bridgehead atoms. The van der Waals surface area contributed by atoms with Gasteiger partial charge in [0.05, 0.1) is 24.1 Å². The van der Waals surface area contributed by atoms with Crippen molar-refractivity contribution in [3.05, 3.63) is 70.4 Å². The van der Waals surface area contributed by atoms with Crippen molar-refractivity contribution in [3.63, 3.8) is 0 Å². The molecule has 3 heterocycles. The zero-order chi connectivity index (χ0) is 21.1. The van der Waals surface area contributed by atoms with Crippen molar-refractivity contribution in [2.45, 2.75) is 18.7 Å². The third-order valence-corrected chi connectivity index (χ3v) is 5.99. The molecule has 156 valence electrons. The van der Waals surface area contributed by atoms with Crippen LogP contribution in [-0.4, -0.2) is 50.6 Å². The zero-order valence-electron chi connectivity index (χ0n) is 16.4. The molecule has 2 unspecified atom stereocenters. The maximum absolute atomic E-state index is 12.5. The zero-order valence-corrected chi connectivity index (χ0v) is 17.2. The van der Waals surface area contributed by atoms with Crippen LogP contribution in [0.1, 0.15) is 27.2 Å². The number of carbonyl (C=O) groups excluding carboxylic acids is 2. The molecule has 1 saturated heterocycles. The standard InChI is InChI=1S/C21H22N4O4S/c1-24-9-8-22-18(24)11-25-16(12-26)20(29-13-19(25)27)14-4-6-15(7-5-14)23-21(28)17-3-2-10-30-17/h2-10,16,20,26H,11-13H2,1H3,(H,23,28). The number of imidazole rings is 1. The van der Waals surface area contributed by atoms with E-state index in [2.05, 4.69) is 10.3 Å². The number of rotatable bonds is 6. The van der Waals surface area contributed by atoms with Crippen molar-refractivity contribution in [1.82, 2.24) is 14.5 Å². The molecule has 9 heteroatoms. The number of aliphatic hydroxyl groups is 1. The molecule has 2 N–H and O–H groups in total. The van der Waals surface area contributed by atoms with E-state index in [1.54, 1.807) is 29.3 Å². The summed E-state index contributed by atoms with van der Waals surface area (Å²) < 4.78 is 7.62. The molecule has 0 aliphatic carbocycles. The van der Waals surface area contributed by atoms with Crippen LogP contribution in [0.25, 0.3) is 0 Å². The first kappa shape index (κ1) is 20.3. The molecule has 1 aliphatic heterocycles. The minimum Gasteiger partial charge on any atom is -0.394 e. The fourth-order valence-electron chi connectivity index (χ4n) is 3.48. The highest BCUT2D eigenvalue weighted by Gasteiger charge is 2.37. The van der Waals surface area contributed by atoms with Crippen LogP contribution in [0.4, 0.5) is 5.69 Å². The number of nitrogens with one attached hydrogen (secondary N) is 1. The van der Waals surface area contributed by atoms with Crippen molar-refractivity contribution in [2.75, 3.05) is 18.5 Å². The molecule has 1 aromatic carbocycles. The number of aliphatic hydroxyl groups excluding tert-OH is 1. The van der Waals surface area contributed by atoms with Crippen molar-refractivity contribution in [3.8, 4) is 0 Å². The lowest BCUT2D eigenvalue weighted by atomic mass is 9.99. The number of thiophene rings is 1. The summed E-state index contributed by atoms with van der Waals surface area (Å²) in [7, 11) is 1.86. The van der Waals surface area contributed by atoms with E-state index in [1.807, 2.05) is 41.4 Å². The minimum absolute atomic E-state index is 0.0670. The van der Waals surface area contributed by atoms with E-state index in [9.17, 15) is 14.7 Å². The lowest BCUT2D eigenvalue weighted by Crippen LogP contribution is -2.52. The van der Waals surface area contributed by atoms with Gasteiger partial charge in [0.25, 0.3) is 5.91 Å². The lowest BCUT2D eigenvalue weighted by Gasteiger charge is -2.40. The average molecular weight is 426 g/mol. The summed E-state index contributed by atoms with van der Waals surface area (Å²) in [4.78, 5) is 31.2. The van der Waals surface area contributed by atoms with E-state index < -0.39 is 12.1 Å². The van der Waals surface area contributed by atoms with Crippen LogP contribution >= 0.6 is 11.3 Å². The minimum atomic E-state index is -0.533. The second-order valence-electron chi connectivity index (χ2n) is 7.01. The Bertz CT molecular complexity index is 1020. The maximum atomic E-state index is 12.5. The predicted molar refractivity (Wildman–Crippen MR) is 112 cm³/mol. The summed E-state index contributed by atoms with van der Waals surface area (Å²) >= 11 is 1.38. The molecule has 0 saturated carbocycles. The normalized spacial score (nSPS) is 19.1. The van der Waals surface area contributed by atoms with Crippen LogP contribution in [0, 0.1) is 0 Å². The number of aryl methyl sites for hydroxylation is 1. The van der Waals surface area contributed by atoms with E-state index >= 15 is 0 Å². The molecule has 0 radical (unpaired) electrons. The number of aromatic nitrogens is 2. The SMILES string of the molecule is Cn1ccnc1CN1C(=O)COC(c2ccc(NC(=O)c3cccs3)cc2)C1CO. The van der Waals surface area contributed by atoms with Crippen LogP contribution in [0.5, 0.6) is 0 Å². The number of carbonyl (C=O) groups is 2. The Morgan fingerprint density at radius 1 is 1.33 bits per heavy atom. The summed E-state index contributed by atoms with van der Waals surface area (Å²) in [5, 5.41) is 14.7. The Morgan fingerprint density at radius 3 is 2.77 bits per heavy atom. The Labute approximate surface area is 177 Å². The van der Waals surface area contributed by atoms with Crippen LogP contribution < -0.4 is 5.32 Å². The first-order valence-electron chi connectivity index (χ1n) is 9.49.